The Hall–Kier alpha value is -3.40. The van der Waals surface area contributed by atoms with Crippen molar-refractivity contribution in [1.82, 2.24) is 0 Å². The van der Waals surface area contributed by atoms with E-state index in [-0.39, 0.29) is 47.0 Å². The first kappa shape index (κ1) is 22.3. The maximum Gasteiger partial charge on any atom is 0.340 e. The zero-order chi connectivity index (χ0) is 22.6. The minimum Gasteiger partial charge on any atom is -0.495 e. The SMILES string of the molecule is CCOC(=O)c1ccccc1NS(=O)(=O)c1cc(N2C(=O)CCCC2=O)ccc1OC. The van der Waals surface area contributed by atoms with Gasteiger partial charge in [-0.25, -0.2) is 13.2 Å². The first-order valence-corrected chi connectivity index (χ1v) is 11.1. The number of rotatable bonds is 7. The highest BCUT2D eigenvalue weighted by Crippen LogP contribution is 2.32. The molecule has 31 heavy (non-hydrogen) atoms. The summed E-state index contributed by atoms with van der Waals surface area (Å²) in [6.45, 7) is 1.78. The molecule has 2 aromatic rings. The van der Waals surface area contributed by atoms with Gasteiger partial charge in [-0.1, -0.05) is 12.1 Å². The van der Waals surface area contributed by atoms with E-state index in [1.807, 2.05) is 0 Å². The van der Waals surface area contributed by atoms with E-state index >= 15 is 0 Å². The summed E-state index contributed by atoms with van der Waals surface area (Å²) in [4.78, 5) is 37.4. The number of esters is 1. The van der Waals surface area contributed by atoms with Gasteiger partial charge in [0.1, 0.15) is 10.6 Å². The van der Waals surface area contributed by atoms with Crippen molar-refractivity contribution in [3.05, 3.63) is 48.0 Å². The van der Waals surface area contributed by atoms with Crippen molar-refractivity contribution in [2.45, 2.75) is 31.1 Å². The average molecular weight is 446 g/mol. The molecule has 0 radical (unpaired) electrons. The molecule has 164 valence electrons. The van der Waals surface area contributed by atoms with Crippen molar-refractivity contribution < 1.29 is 32.3 Å². The second kappa shape index (κ2) is 9.17. The lowest BCUT2D eigenvalue weighted by Gasteiger charge is -2.25. The van der Waals surface area contributed by atoms with Gasteiger partial charge in [0.15, 0.2) is 0 Å². The summed E-state index contributed by atoms with van der Waals surface area (Å²) in [6, 6.07) is 10.0. The van der Waals surface area contributed by atoms with Crippen molar-refractivity contribution >= 4 is 39.2 Å². The van der Waals surface area contributed by atoms with Crippen LogP contribution in [0.1, 0.15) is 36.5 Å². The van der Waals surface area contributed by atoms with E-state index < -0.39 is 27.8 Å². The number of nitrogens with one attached hydrogen (secondary N) is 1. The molecule has 3 rings (SSSR count). The Morgan fingerprint density at radius 2 is 1.77 bits per heavy atom. The molecule has 2 amide bonds. The van der Waals surface area contributed by atoms with E-state index in [2.05, 4.69) is 4.72 Å². The second-order valence-electron chi connectivity index (χ2n) is 6.68. The second-order valence-corrected chi connectivity index (χ2v) is 8.33. The Kier molecular flexibility index (Phi) is 6.59. The van der Waals surface area contributed by atoms with Gasteiger partial charge in [-0.05, 0) is 43.7 Å². The zero-order valence-corrected chi connectivity index (χ0v) is 17.9. The van der Waals surface area contributed by atoms with Crippen LogP contribution in [0.5, 0.6) is 5.75 Å². The molecule has 9 nitrogen and oxygen atoms in total. The van der Waals surface area contributed by atoms with Crippen LogP contribution in [0, 0.1) is 0 Å². The number of carbonyl (C=O) groups is 3. The van der Waals surface area contributed by atoms with Crippen LogP contribution in [0.4, 0.5) is 11.4 Å². The highest BCUT2D eigenvalue weighted by Gasteiger charge is 2.30. The minimum absolute atomic E-state index is 0.0155. The molecule has 0 bridgehead atoms. The van der Waals surface area contributed by atoms with Gasteiger partial charge in [0.05, 0.1) is 30.7 Å². The van der Waals surface area contributed by atoms with Gasteiger partial charge < -0.3 is 9.47 Å². The lowest BCUT2D eigenvalue weighted by molar-refractivity contribution is -0.129. The van der Waals surface area contributed by atoms with Gasteiger partial charge in [-0.15, -0.1) is 0 Å². The molecule has 0 saturated carbocycles. The molecular formula is C21H22N2O7S. The average Bonchev–Trinajstić information content (AvgIpc) is 2.74. The molecule has 0 spiro atoms. The topological polar surface area (TPSA) is 119 Å². The third-order valence-corrected chi connectivity index (χ3v) is 6.03. The summed E-state index contributed by atoms with van der Waals surface area (Å²) < 4.78 is 38.9. The van der Waals surface area contributed by atoms with E-state index in [4.69, 9.17) is 9.47 Å². The maximum absolute atomic E-state index is 13.2. The van der Waals surface area contributed by atoms with E-state index in [0.29, 0.717) is 6.42 Å². The van der Waals surface area contributed by atoms with Crippen LogP contribution in [-0.4, -0.2) is 39.9 Å². The number of ether oxygens (including phenoxy) is 2. The van der Waals surface area contributed by atoms with E-state index in [1.165, 1.54) is 37.4 Å². The number of anilines is 2. The number of nitrogens with zero attached hydrogens (tertiary/aromatic N) is 1. The molecule has 1 aliphatic heterocycles. The first-order valence-electron chi connectivity index (χ1n) is 9.61. The maximum atomic E-state index is 13.2. The Morgan fingerprint density at radius 1 is 1.10 bits per heavy atom. The number of hydrogen-bond donors (Lipinski definition) is 1. The predicted molar refractivity (Wildman–Crippen MR) is 113 cm³/mol. The standard InChI is InChI=1S/C21H22N2O7S/c1-3-30-21(26)15-7-4-5-8-16(15)22-31(27,28)18-13-14(11-12-17(18)29-2)23-19(24)9-6-10-20(23)25/h4-5,7-8,11-13,22H,3,6,9-10H2,1-2H3. The largest absolute Gasteiger partial charge is 0.495 e. The monoisotopic (exact) mass is 446 g/mol. The van der Waals surface area contributed by atoms with Crippen LogP contribution in [0.3, 0.4) is 0 Å². The van der Waals surface area contributed by atoms with Gasteiger partial charge in [0.2, 0.25) is 11.8 Å². The van der Waals surface area contributed by atoms with Crippen LogP contribution in [0.2, 0.25) is 0 Å². The van der Waals surface area contributed by atoms with Crippen LogP contribution >= 0.6 is 0 Å². The van der Waals surface area contributed by atoms with E-state index in [9.17, 15) is 22.8 Å². The van der Waals surface area contributed by atoms with Crippen LogP contribution in [-0.2, 0) is 24.3 Å². The Balaban J connectivity index is 2.03. The van der Waals surface area contributed by atoms with Gasteiger partial charge in [-0.3, -0.25) is 19.2 Å². The number of imide groups is 1. The summed E-state index contributed by atoms with van der Waals surface area (Å²) in [7, 11) is -2.95. The molecular weight excluding hydrogens is 424 g/mol. The van der Waals surface area contributed by atoms with Gasteiger partial charge in [-0.2, -0.15) is 0 Å². The Bertz CT molecular complexity index is 1110. The first-order chi connectivity index (χ1) is 14.8. The van der Waals surface area contributed by atoms with Crippen molar-refractivity contribution in [1.29, 1.82) is 0 Å². The quantitative estimate of drug-likeness (QED) is 0.513. The number of piperidine rings is 1. The molecule has 2 aromatic carbocycles. The number of hydrogen-bond acceptors (Lipinski definition) is 7. The molecule has 10 heteroatoms. The summed E-state index contributed by atoms with van der Waals surface area (Å²) in [5.74, 6) is -1.46. The van der Waals surface area contributed by atoms with Crippen molar-refractivity contribution in [3.63, 3.8) is 0 Å². The predicted octanol–water partition coefficient (Wildman–Crippen LogP) is 2.72. The number of sulfonamides is 1. The molecule has 1 heterocycles. The molecule has 0 unspecified atom stereocenters. The highest BCUT2D eigenvalue weighted by atomic mass is 32.2. The fourth-order valence-electron chi connectivity index (χ4n) is 3.21. The Labute approximate surface area is 180 Å². The molecule has 0 aromatic heterocycles. The minimum atomic E-state index is -4.26. The number of para-hydroxylation sites is 1. The highest BCUT2D eigenvalue weighted by molar-refractivity contribution is 7.92. The molecule has 1 N–H and O–H groups in total. The van der Waals surface area contributed by atoms with Crippen LogP contribution in [0.15, 0.2) is 47.4 Å². The van der Waals surface area contributed by atoms with E-state index in [0.717, 1.165) is 4.90 Å². The molecule has 0 atom stereocenters. The summed E-state index contributed by atoms with van der Waals surface area (Å²) in [6.07, 6.45) is 0.859. The van der Waals surface area contributed by atoms with Crippen LogP contribution < -0.4 is 14.4 Å². The Morgan fingerprint density at radius 3 is 2.42 bits per heavy atom. The number of benzene rings is 2. The number of carbonyl (C=O) groups excluding carboxylic acids is 3. The summed E-state index contributed by atoms with van der Waals surface area (Å²) in [5, 5.41) is 0. The lowest BCUT2D eigenvalue weighted by Crippen LogP contribution is -2.40. The normalized spacial score (nSPS) is 14.3. The van der Waals surface area contributed by atoms with Gasteiger partial charge >= 0.3 is 5.97 Å². The van der Waals surface area contributed by atoms with Crippen molar-refractivity contribution in [2.75, 3.05) is 23.3 Å². The third-order valence-electron chi connectivity index (χ3n) is 4.64. The smallest absolute Gasteiger partial charge is 0.340 e. The van der Waals surface area contributed by atoms with Crippen molar-refractivity contribution in [2.24, 2.45) is 0 Å². The molecule has 1 saturated heterocycles. The summed E-state index contributed by atoms with van der Waals surface area (Å²) >= 11 is 0. The van der Waals surface area contributed by atoms with Crippen molar-refractivity contribution in [3.8, 4) is 5.75 Å². The fourth-order valence-corrected chi connectivity index (χ4v) is 4.48. The lowest BCUT2D eigenvalue weighted by atomic mass is 10.1. The van der Waals surface area contributed by atoms with E-state index in [1.54, 1.807) is 19.1 Å². The third kappa shape index (κ3) is 4.69. The number of amides is 2. The zero-order valence-electron chi connectivity index (χ0n) is 17.1. The molecule has 1 fully saturated rings. The molecule has 0 aliphatic carbocycles. The summed E-state index contributed by atoms with van der Waals surface area (Å²) in [5.41, 5.74) is 0.206. The van der Waals surface area contributed by atoms with Crippen LogP contribution in [0.25, 0.3) is 0 Å². The fraction of sp³-hybridized carbons (Fsp3) is 0.286. The van der Waals surface area contributed by atoms with Gasteiger partial charge in [0, 0.05) is 12.8 Å². The molecule has 1 aliphatic rings. The van der Waals surface area contributed by atoms with Gasteiger partial charge in [0.25, 0.3) is 10.0 Å². The number of methoxy groups -OCH3 is 1.